The molecule has 1 fully saturated rings. The number of thiophene rings is 1. The Labute approximate surface area is 145 Å². The van der Waals surface area contributed by atoms with E-state index in [2.05, 4.69) is 10.1 Å². The molecule has 0 bridgehead atoms. The zero-order valence-electron chi connectivity index (χ0n) is 14.1. The van der Waals surface area contributed by atoms with Crippen LogP contribution < -0.4 is 0 Å². The van der Waals surface area contributed by atoms with E-state index in [-0.39, 0.29) is 17.9 Å². The van der Waals surface area contributed by atoms with E-state index >= 15 is 0 Å². The van der Waals surface area contributed by atoms with Crippen molar-refractivity contribution in [2.24, 2.45) is 0 Å². The van der Waals surface area contributed by atoms with Crippen LogP contribution in [0.25, 0.3) is 0 Å². The van der Waals surface area contributed by atoms with Gasteiger partial charge in [-0.25, -0.2) is 0 Å². The van der Waals surface area contributed by atoms with Crippen molar-refractivity contribution in [1.29, 1.82) is 0 Å². The molecule has 3 rings (SSSR count). The van der Waals surface area contributed by atoms with E-state index < -0.39 is 0 Å². The molecule has 0 radical (unpaired) electrons. The van der Waals surface area contributed by atoms with Gasteiger partial charge in [-0.3, -0.25) is 4.79 Å². The highest BCUT2D eigenvalue weighted by Crippen LogP contribution is 2.18. The van der Waals surface area contributed by atoms with Crippen molar-refractivity contribution in [3.8, 4) is 0 Å². The van der Waals surface area contributed by atoms with Gasteiger partial charge < -0.3 is 14.2 Å². The van der Waals surface area contributed by atoms with Crippen molar-refractivity contribution in [1.82, 2.24) is 15.0 Å². The van der Waals surface area contributed by atoms with Crippen molar-refractivity contribution in [3.63, 3.8) is 0 Å². The fourth-order valence-electron chi connectivity index (χ4n) is 2.73. The van der Waals surface area contributed by atoms with Gasteiger partial charge in [0.15, 0.2) is 5.82 Å². The zero-order chi connectivity index (χ0) is 16.9. The molecular weight excluding hydrogens is 326 g/mol. The Bertz CT molecular complexity index is 654. The number of ether oxygens (including phenoxy) is 1. The highest BCUT2D eigenvalue weighted by atomic mass is 32.1. The molecule has 0 aromatic carbocycles. The molecule has 1 unspecified atom stereocenters. The van der Waals surface area contributed by atoms with E-state index in [4.69, 9.17) is 9.26 Å². The van der Waals surface area contributed by atoms with E-state index in [9.17, 15) is 4.79 Å². The first-order chi connectivity index (χ1) is 11.6. The lowest BCUT2D eigenvalue weighted by Crippen LogP contribution is -2.43. The molecule has 24 heavy (non-hydrogen) atoms. The maximum Gasteiger partial charge on any atom is 0.252 e. The third-order valence-electron chi connectivity index (χ3n) is 4.08. The van der Waals surface area contributed by atoms with Crippen LogP contribution in [0.2, 0.25) is 0 Å². The number of nitrogens with zero attached hydrogens (tertiary/aromatic N) is 3. The first kappa shape index (κ1) is 17.1. The van der Waals surface area contributed by atoms with E-state index in [1.807, 2.05) is 36.3 Å². The van der Waals surface area contributed by atoms with Crippen LogP contribution in [-0.2, 0) is 22.6 Å². The predicted molar refractivity (Wildman–Crippen MR) is 90.8 cm³/mol. The van der Waals surface area contributed by atoms with Gasteiger partial charge >= 0.3 is 0 Å². The Morgan fingerprint density at radius 3 is 3.12 bits per heavy atom. The minimum atomic E-state index is 0.0282. The Hall–Kier alpha value is -1.73. The molecule has 0 saturated carbocycles. The molecule has 1 atom stereocenters. The molecule has 0 N–H and O–H groups in total. The summed E-state index contributed by atoms with van der Waals surface area (Å²) in [4.78, 5) is 19.7. The number of likely N-dealkylation sites (tertiary alicyclic amines) is 1. The second-order valence-corrected chi connectivity index (χ2v) is 7.40. The van der Waals surface area contributed by atoms with Crippen LogP contribution in [0, 0.1) is 0 Å². The molecule has 1 aliphatic heterocycles. The third kappa shape index (κ3) is 4.42. The monoisotopic (exact) mass is 349 g/mol. The minimum Gasteiger partial charge on any atom is -0.367 e. The molecule has 130 valence electrons. The maximum absolute atomic E-state index is 12.4. The predicted octanol–water partition coefficient (Wildman–Crippen LogP) is 3.00. The van der Waals surface area contributed by atoms with Gasteiger partial charge in [-0.05, 0) is 24.3 Å². The van der Waals surface area contributed by atoms with Crippen molar-refractivity contribution < 1.29 is 14.1 Å². The summed E-state index contributed by atoms with van der Waals surface area (Å²) >= 11 is 1.62. The largest absolute Gasteiger partial charge is 0.367 e. The summed E-state index contributed by atoms with van der Waals surface area (Å²) < 4.78 is 11.1. The van der Waals surface area contributed by atoms with Gasteiger partial charge in [0.2, 0.25) is 5.91 Å². The molecule has 6 nitrogen and oxygen atoms in total. The summed E-state index contributed by atoms with van der Waals surface area (Å²) in [5.41, 5.74) is 0. The number of carbonyl (C=O) groups excluding carboxylic acids is 1. The standard InChI is InChI=1S/C17H23N3O3S/c1-12(2)17-18-15(23-19-17)11-22-13-5-3-7-20(10-13)16(21)9-14-6-4-8-24-14/h4,6,8,12-13H,3,5,7,9-11H2,1-2H3. The Morgan fingerprint density at radius 1 is 1.54 bits per heavy atom. The summed E-state index contributed by atoms with van der Waals surface area (Å²) in [5, 5.41) is 5.94. The first-order valence-corrected chi connectivity index (χ1v) is 9.24. The van der Waals surface area contributed by atoms with E-state index in [1.54, 1.807) is 11.3 Å². The summed E-state index contributed by atoms with van der Waals surface area (Å²) in [7, 11) is 0. The van der Waals surface area contributed by atoms with Gasteiger partial charge in [0.1, 0.15) is 6.61 Å². The average Bonchev–Trinajstić information content (AvgIpc) is 3.25. The quantitative estimate of drug-likeness (QED) is 0.802. The van der Waals surface area contributed by atoms with Crippen molar-refractivity contribution in [2.75, 3.05) is 13.1 Å². The maximum atomic E-state index is 12.4. The van der Waals surface area contributed by atoms with Crippen LogP contribution in [0.4, 0.5) is 0 Å². The number of amides is 1. The summed E-state index contributed by atoms with van der Waals surface area (Å²) in [5.74, 6) is 1.61. The number of hydrogen-bond donors (Lipinski definition) is 0. The van der Waals surface area contributed by atoms with Gasteiger partial charge in [-0.1, -0.05) is 25.1 Å². The molecule has 2 aromatic heterocycles. The van der Waals surface area contributed by atoms with Crippen LogP contribution in [0.3, 0.4) is 0 Å². The summed E-state index contributed by atoms with van der Waals surface area (Å²) in [6.07, 6.45) is 2.42. The molecule has 0 spiro atoms. The molecule has 1 saturated heterocycles. The molecule has 1 aliphatic rings. The van der Waals surface area contributed by atoms with E-state index in [1.165, 1.54) is 0 Å². The normalized spacial score (nSPS) is 18.3. The van der Waals surface area contributed by atoms with E-state index in [0.717, 1.165) is 24.3 Å². The lowest BCUT2D eigenvalue weighted by atomic mass is 10.1. The zero-order valence-corrected chi connectivity index (χ0v) is 14.9. The van der Waals surface area contributed by atoms with Crippen LogP contribution in [0.5, 0.6) is 0 Å². The Morgan fingerprint density at radius 2 is 2.42 bits per heavy atom. The summed E-state index contributed by atoms with van der Waals surface area (Å²) in [6, 6.07) is 3.98. The number of aromatic nitrogens is 2. The van der Waals surface area contributed by atoms with Gasteiger partial charge in [0.05, 0.1) is 12.5 Å². The highest BCUT2D eigenvalue weighted by Gasteiger charge is 2.25. The van der Waals surface area contributed by atoms with Crippen LogP contribution in [-0.4, -0.2) is 40.1 Å². The topological polar surface area (TPSA) is 68.5 Å². The Kier molecular flexibility index (Phi) is 5.63. The van der Waals surface area contributed by atoms with Crippen LogP contribution in [0.1, 0.15) is 49.2 Å². The van der Waals surface area contributed by atoms with Crippen LogP contribution in [0.15, 0.2) is 22.0 Å². The SMILES string of the molecule is CC(C)c1noc(COC2CCCN(C(=O)Cc3cccs3)C2)n1. The molecule has 3 heterocycles. The molecule has 7 heteroatoms. The molecule has 0 aliphatic carbocycles. The molecule has 2 aromatic rings. The van der Waals surface area contributed by atoms with Gasteiger partial charge in [-0.15, -0.1) is 11.3 Å². The molecular formula is C17H23N3O3S. The fraction of sp³-hybridized carbons (Fsp3) is 0.588. The average molecular weight is 349 g/mol. The van der Waals surface area contributed by atoms with Crippen molar-refractivity contribution >= 4 is 17.2 Å². The Balaban J connectivity index is 1.48. The lowest BCUT2D eigenvalue weighted by Gasteiger charge is -2.32. The van der Waals surface area contributed by atoms with Gasteiger partial charge in [0.25, 0.3) is 5.89 Å². The number of hydrogen-bond acceptors (Lipinski definition) is 6. The minimum absolute atomic E-state index is 0.0282. The number of rotatable bonds is 6. The smallest absolute Gasteiger partial charge is 0.252 e. The van der Waals surface area contributed by atoms with Crippen LogP contribution >= 0.6 is 11.3 Å². The van der Waals surface area contributed by atoms with Crippen molar-refractivity contribution in [3.05, 3.63) is 34.1 Å². The van der Waals surface area contributed by atoms with Crippen molar-refractivity contribution in [2.45, 2.75) is 51.7 Å². The van der Waals surface area contributed by atoms with E-state index in [0.29, 0.717) is 31.3 Å². The van der Waals surface area contributed by atoms with Gasteiger partial charge in [-0.2, -0.15) is 4.98 Å². The first-order valence-electron chi connectivity index (χ1n) is 8.36. The third-order valence-corrected chi connectivity index (χ3v) is 4.96. The second kappa shape index (κ2) is 7.90. The lowest BCUT2D eigenvalue weighted by molar-refractivity contribution is -0.135. The summed E-state index contributed by atoms with van der Waals surface area (Å²) in [6.45, 7) is 5.79. The number of carbonyl (C=O) groups is 1. The van der Waals surface area contributed by atoms with Gasteiger partial charge in [0, 0.05) is 23.9 Å². The second-order valence-electron chi connectivity index (χ2n) is 6.37. The number of piperidine rings is 1. The molecule has 1 amide bonds. The fourth-order valence-corrected chi connectivity index (χ4v) is 3.42. The highest BCUT2D eigenvalue weighted by molar-refractivity contribution is 7.10.